The van der Waals surface area contributed by atoms with Crippen molar-refractivity contribution in [3.05, 3.63) is 59.4 Å². The summed E-state index contributed by atoms with van der Waals surface area (Å²) in [6, 6.07) is 8.22. The second kappa shape index (κ2) is 6.91. The number of primary amides is 1. The number of halogens is 3. The van der Waals surface area contributed by atoms with Crippen LogP contribution in [-0.4, -0.2) is 19.1 Å². The Bertz CT molecular complexity index is 1070. The first-order valence-electron chi connectivity index (χ1n) is 8.01. The second-order valence-corrected chi connectivity index (χ2v) is 5.99. The van der Waals surface area contributed by atoms with Crippen molar-refractivity contribution in [3.63, 3.8) is 0 Å². The summed E-state index contributed by atoms with van der Waals surface area (Å²) < 4.78 is 49.6. The van der Waals surface area contributed by atoms with Crippen molar-refractivity contribution in [2.24, 2.45) is 5.73 Å². The third kappa shape index (κ3) is 3.38. The molecule has 0 aliphatic rings. The number of alkyl halides is 3. The number of nitrogens with two attached hydrogens (primary N) is 1. The minimum absolute atomic E-state index is 0.0256. The maximum atomic E-state index is 13.2. The molecule has 0 radical (unpaired) electrons. The van der Waals surface area contributed by atoms with Crippen LogP contribution in [0.1, 0.15) is 21.7 Å². The van der Waals surface area contributed by atoms with Crippen molar-refractivity contribution in [1.82, 2.24) is 0 Å². The summed E-state index contributed by atoms with van der Waals surface area (Å²) in [6.45, 7) is 1.76. The quantitative estimate of drug-likeness (QED) is 0.651. The summed E-state index contributed by atoms with van der Waals surface area (Å²) in [4.78, 5) is 25.3. The molecule has 2 N–H and O–H groups in total. The Balaban J connectivity index is 2.37. The second-order valence-electron chi connectivity index (χ2n) is 5.99. The lowest BCUT2D eigenvalue weighted by Gasteiger charge is -2.21. The van der Waals surface area contributed by atoms with Crippen LogP contribution < -0.4 is 10.6 Å². The highest BCUT2D eigenvalue weighted by Crippen LogP contribution is 2.41. The molecule has 0 aliphatic carbocycles. The molecule has 28 heavy (non-hydrogen) atoms. The van der Waals surface area contributed by atoms with Crippen LogP contribution in [0.4, 0.5) is 29.3 Å². The minimum atomic E-state index is -4.63. The Labute approximate surface area is 157 Å². The number of urea groups is 1. The number of hydrogen-bond acceptors (Lipinski definition) is 4. The van der Waals surface area contributed by atoms with Gasteiger partial charge in [-0.3, -0.25) is 4.90 Å². The molecule has 0 atom stereocenters. The summed E-state index contributed by atoms with van der Waals surface area (Å²) in [5.74, 6) is -1.39. The highest BCUT2D eigenvalue weighted by molar-refractivity contribution is 6.13. The van der Waals surface area contributed by atoms with Crippen LogP contribution in [0, 0.1) is 6.92 Å². The number of fused-ring (bicyclic) bond motifs is 1. The molecule has 0 saturated heterocycles. The van der Waals surface area contributed by atoms with Crippen molar-refractivity contribution in [2.75, 3.05) is 12.0 Å². The lowest BCUT2D eigenvalue weighted by atomic mass is 10.1. The average Bonchev–Trinajstić information content (AvgIpc) is 2.99. The summed E-state index contributed by atoms with van der Waals surface area (Å²) in [7, 11) is 1.09. The predicted octanol–water partition coefficient (Wildman–Crippen LogP) is 4.76. The SMILES string of the molecule is COC(=O)c1oc2ccc(C(F)(F)F)cc2c1N(C(N)=O)c1cccc(C)c1. The molecule has 0 spiro atoms. The van der Waals surface area contributed by atoms with Gasteiger partial charge in [-0.05, 0) is 42.8 Å². The van der Waals surface area contributed by atoms with Crippen molar-refractivity contribution in [3.8, 4) is 0 Å². The van der Waals surface area contributed by atoms with E-state index >= 15 is 0 Å². The zero-order chi connectivity index (χ0) is 20.6. The van der Waals surface area contributed by atoms with Gasteiger partial charge in [-0.25, -0.2) is 9.59 Å². The van der Waals surface area contributed by atoms with E-state index in [0.717, 1.165) is 35.8 Å². The van der Waals surface area contributed by atoms with Gasteiger partial charge in [-0.2, -0.15) is 13.2 Å². The molecule has 1 aromatic heterocycles. The number of furan rings is 1. The van der Waals surface area contributed by atoms with Crippen molar-refractivity contribution < 1.29 is 31.9 Å². The molecular formula is C19H15F3N2O4. The van der Waals surface area contributed by atoms with Gasteiger partial charge < -0.3 is 14.9 Å². The number of ether oxygens (including phenoxy) is 1. The number of carbonyl (C=O) groups excluding carboxylic acids is 2. The first-order valence-corrected chi connectivity index (χ1v) is 8.01. The van der Waals surface area contributed by atoms with Crippen molar-refractivity contribution in [2.45, 2.75) is 13.1 Å². The first kappa shape index (κ1) is 19.3. The topological polar surface area (TPSA) is 85.8 Å². The normalized spacial score (nSPS) is 11.5. The van der Waals surface area contributed by atoms with E-state index in [4.69, 9.17) is 10.2 Å². The molecule has 2 amide bonds. The highest BCUT2D eigenvalue weighted by atomic mass is 19.4. The Hall–Kier alpha value is -3.49. The fraction of sp³-hybridized carbons (Fsp3) is 0.158. The van der Waals surface area contributed by atoms with Crippen LogP contribution in [0.15, 0.2) is 46.9 Å². The standard InChI is InChI=1S/C19H15F3N2O4/c1-10-4-3-5-12(8-10)24(18(23)26)15-13-9-11(19(20,21)22)6-7-14(13)28-16(15)17(25)27-2/h3-9H,1-2H3,(H2,23,26). The molecule has 0 saturated carbocycles. The highest BCUT2D eigenvalue weighted by Gasteiger charge is 2.34. The number of hydrogen-bond donors (Lipinski definition) is 1. The van der Waals surface area contributed by atoms with Crippen LogP contribution in [0.3, 0.4) is 0 Å². The van der Waals surface area contributed by atoms with Gasteiger partial charge in [0.1, 0.15) is 11.3 Å². The lowest BCUT2D eigenvalue weighted by molar-refractivity contribution is -0.137. The van der Waals surface area contributed by atoms with Gasteiger partial charge in [0.05, 0.1) is 18.4 Å². The van der Waals surface area contributed by atoms with Crippen LogP contribution in [0.5, 0.6) is 0 Å². The number of methoxy groups -OCH3 is 1. The third-order valence-electron chi connectivity index (χ3n) is 4.06. The van der Waals surface area contributed by atoms with E-state index < -0.39 is 29.5 Å². The number of aryl methyl sites for hydroxylation is 1. The van der Waals surface area contributed by atoms with E-state index in [1.807, 2.05) is 0 Å². The molecule has 0 bridgehead atoms. The summed E-state index contributed by atoms with van der Waals surface area (Å²) >= 11 is 0. The number of amides is 2. The predicted molar refractivity (Wildman–Crippen MR) is 95.5 cm³/mol. The maximum absolute atomic E-state index is 13.2. The monoisotopic (exact) mass is 392 g/mol. The number of benzene rings is 2. The molecule has 3 rings (SSSR count). The van der Waals surface area contributed by atoms with E-state index in [1.54, 1.807) is 25.1 Å². The summed E-state index contributed by atoms with van der Waals surface area (Å²) in [5.41, 5.74) is 5.33. The molecule has 146 valence electrons. The largest absolute Gasteiger partial charge is 0.463 e. The van der Waals surface area contributed by atoms with Gasteiger partial charge in [0.2, 0.25) is 5.76 Å². The van der Waals surface area contributed by atoms with E-state index in [1.165, 1.54) is 6.07 Å². The van der Waals surface area contributed by atoms with Gasteiger partial charge in [-0.15, -0.1) is 0 Å². The third-order valence-corrected chi connectivity index (χ3v) is 4.06. The molecule has 0 unspecified atom stereocenters. The van der Waals surface area contributed by atoms with Gasteiger partial charge in [0, 0.05) is 5.39 Å². The molecule has 6 nitrogen and oxygen atoms in total. The Morgan fingerprint density at radius 1 is 1.14 bits per heavy atom. The van der Waals surface area contributed by atoms with Gasteiger partial charge >= 0.3 is 18.2 Å². The van der Waals surface area contributed by atoms with Gasteiger partial charge in [-0.1, -0.05) is 12.1 Å². The molecule has 1 heterocycles. The van der Waals surface area contributed by atoms with E-state index in [9.17, 15) is 22.8 Å². The summed E-state index contributed by atoms with van der Waals surface area (Å²) in [5, 5.41) is -0.101. The van der Waals surface area contributed by atoms with Gasteiger partial charge in [0.15, 0.2) is 0 Å². The smallest absolute Gasteiger partial charge is 0.416 e. The summed E-state index contributed by atoms with van der Waals surface area (Å²) in [6.07, 6.45) is -4.63. The number of esters is 1. The number of nitrogens with zero attached hydrogens (tertiary/aromatic N) is 1. The fourth-order valence-electron chi connectivity index (χ4n) is 2.85. The fourth-order valence-corrected chi connectivity index (χ4v) is 2.85. The van der Waals surface area contributed by atoms with Crippen LogP contribution in [-0.2, 0) is 10.9 Å². The van der Waals surface area contributed by atoms with E-state index in [-0.39, 0.29) is 22.3 Å². The van der Waals surface area contributed by atoms with E-state index in [2.05, 4.69) is 4.74 Å². The molecule has 3 aromatic rings. The number of carbonyl (C=O) groups is 2. The van der Waals surface area contributed by atoms with Gasteiger partial charge in [0.25, 0.3) is 0 Å². The Morgan fingerprint density at radius 2 is 1.86 bits per heavy atom. The van der Waals surface area contributed by atoms with Crippen LogP contribution in [0.25, 0.3) is 11.0 Å². The van der Waals surface area contributed by atoms with Crippen molar-refractivity contribution >= 4 is 34.3 Å². The van der Waals surface area contributed by atoms with Crippen LogP contribution >= 0.6 is 0 Å². The molecular weight excluding hydrogens is 377 g/mol. The molecule has 0 fully saturated rings. The van der Waals surface area contributed by atoms with E-state index in [0.29, 0.717) is 0 Å². The number of anilines is 2. The zero-order valence-corrected chi connectivity index (χ0v) is 14.8. The minimum Gasteiger partial charge on any atom is -0.463 e. The maximum Gasteiger partial charge on any atom is 0.416 e. The molecule has 9 heteroatoms. The van der Waals surface area contributed by atoms with Crippen molar-refractivity contribution in [1.29, 1.82) is 0 Å². The van der Waals surface area contributed by atoms with Crippen LogP contribution in [0.2, 0.25) is 0 Å². The number of rotatable bonds is 3. The lowest BCUT2D eigenvalue weighted by Crippen LogP contribution is -2.32. The molecule has 2 aromatic carbocycles. The average molecular weight is 392 g/mol. The first-order chi connectivity index (χ1) is 13.1. The Morgan fingerprint density at radius 3 is 2.43 bits per heavy atom. The zero-order valence-electron chi connectivity index (χ0n) is 14.8. The molecule has 0 aliphatic heterocycles. The Kier molecular flexibility index (Phi) is 4.76.